The molecule has 0 heterocycles. The lowest BCUT2D eigenvalue weighted by molar-refractivity contribution is -0.127. The molecule has 3 N–H and O–H groups in total. The SMILES string of the molecule is CN(C)C(=O)CNS(=O)(=O)c1ccc(F)cc1C#CCN. The van der Waals surface area contributed by atoms with Crippen LogP contribution in [0.25, 0.3) is 0 Å². The molecule has 0 unspecified atom stereocenters. The molecule has 0 aliphatic rings. The Morgan fingerprint density at radius 1 is 1.43 bits per heavy atom. The molecule has 0 bridgehead atoms. The molecule has 1 rings (SSSR count). The Hall–Kier alpha value is -1.95. The number of benzene rings is 1. The molecule has 0 atom stereocenters. The molecule has 0 aliphatic heterocycles. The summed E-state index contributed by atoms with van der Waals surface area (Å²) in [7, 11) is -0.961. The number of sulfonamides is 1. The van der Waals surface area contributed by atoms with Gasteiger partial charge in [0.15, 0.2) is 0 Å². The highest BCUT2D eigenvalue weighted by molar-refractivity contribution is 7.89. The van der Waals surface area contributed by atoms with Crippen molar-refractivity contribution in [3.63, 3.8) is 0 Å². The number of likely N-dealkylation sites (N-methyl/N-ethyl adjacent to an activating group) is 1. The highest BCUT2D eigenvalue weighted by Crippen LogP contribution is 2.16. The molecule has 0 saturated carbocycles. The summed E-state index contributed by atoms with van der Waals surface area (Å²) in [6.07, 6.45) is 0. The van der Waals surface area contributed by atoms with Crippen LogP contribution in [0.4, 0.5) is 4.39 Å². The molecule has 0 aromatic heterocycles. The average molecular weight is 313 g/mol. The average Bonchev–Trinajstić information content (AvgIpc) is 2.42. The van der Waals surface area contributed by atoms with E-state index in [2.05, 4.69) is 16.6 Å². The van der Waals surface area contributed by atoms with Crippen LogP contribution in [-0.4, -0.2) is 46.4 Å². The van der Waals surface area contributed by atoms with Gasteiger partial charge in [-0.25, -0.2) is 17.5 Å². The van der Waals surface area contributed by atoms with Crippen LogP contribution in [0.5, 0.6) is 0 Å². The van der Waals surface area contributed by atoms with Crippen molar-refractivity contribution < 1.29 is 17.6 Å². The first-order valence-corrected chi connectivity index (χ1v) is 7.44. The van der Waals surface area contributed by atoms with Gasteiger partial charge in [-0.2, -0.15) is 0 Å². The lowest BCUT2D eigenvalue weighted by Gasteiger charge is -2.12. The Morgan fingerprint density at radius 3 is 2.67 bits per heavy atom. The number of nitrogens with one attached hydrogen (secondary N) is 1. The Labute approximate surface area is 123 Å². The number of hydrogen-bond acceptors (Lipinski definition) is 4. The Balaban J connectivity index is 3.11. The van der Waals surface area contributed by atoms with Gasteiger partial charge < -0.3 is 10.6 Å². The number of amides is 1. The molecular weight excluding hydrogens is 297 g/mol. The van der Waals surface area contributed by atoms with Crippen molar-refractivity contribution in [2.75, 3.05) is 27.2 Å². The Morgan fingerprint density at radius 2 is 2.10 bits per heavy atom. The summed E-state index contributed by atoms with van der Waals surface area (Å²) in [5.74, 6) is 3.95. The van der Waals surface area contributed by atoms with Crippen molar-refractivity contribution in [1.82, 2.24) is 9.62 Å². The van der Waals surface area contributed by atoms with Gasteiger partial charge in [0.25, 0.3) is 0 Å². The monoisotopic (exact) mass is 313 g/mol. The molecule has 114 valence electrons. The Bertz CT molecular complexity index is 690. The minimum absolute atomic E-state index is 0.00903. The van der Waals surface area contributed by atoms with Crippen LogP contribution in [0.15, 0.2) is 23.1 Å². The van der Waals surface area contributed by atoms with Gasteiger partial charge in [0.1, 0.15) is 5.82 Å². The lowest BCUT2D eigenvalue weighted by Crippen LogP contribution is -2.36. The van der Waals surface area contributed by atoms with Gasteiger partial charge in [-0.1, -0.05) is 11.8 Å². The van der Waals surface area contributed by atoms with E-state index in [1.54, 1.807) is 0 Å². The zero-order valence-electron chi connectivity index (χ0n) is 11.7. The molecule has 6 nitrogen and oxygen atoms in total. The number of hydrogen-bond donors (Lipinski definition) is 2. The molecule has 1 amide bonds. The van der Waals surface area contributed by atoms with Gasteiger partial charge in [-0.15, -0.1) is 0 Å². The standard InChI is InChI=1S/C13H16FN3O3S/c1-17(2)13(18)9-16-21(19,20)12-6-5-11(14)8-10(12)4-3-7-15/h5-6,8,16H,7,9,15H2,1-2H3. The molecule has 0 fully saturated rings. The fourth-order valence-corrected chi connectivity index (χ4v) is 2.49. The van der Waals surface area contributed by atoms with Gasteiger partial charge in [-0.3, -0.25) is 4.79 Å². The number of nitrogens with two attached hydrogens (primary N) is 1. The Kier molecular flexibility index (Phi) is 5.84. The summed E-state index contributed by atoms with van der Waals surface area (Å²) in [6.45, 7) is -0.376. The first-order chi connectivity index (χ1) is 9.77. The van der Waals surface area contributed by atoms with E-state index >= 15 is 0 Å². The highest BCUT2D eigenvalue weighted by Gasteiger charge is 2.19. The van der Waals surface area contributed by atoms with Crippen LogP contribution < -0.4 is 10.5 Å². The molecule has 21 heavy (non-hydrogen) atoms. The maximum Gasteiger partial charge on any atom is 0.242 e. The highest BCUT2D eigenvalue weighted by atomic mass is 32.2. The van der Waals surface area contributed by atoms with Crippen molar-refractivity contribution in [3.05, 3.63) is 29.6 Å². The second-order valence-electron chi connectivity index (χ2n) is 4.26. The van der Waals surface area contributed by atoms with E-state index < -0.39 is 28.3 Å². The normalized spacial score (nSPS) is 10.7. The summed E-state index contributed by atoms with van der Waals surface area (Å²) < 4.78 is 39.7. The van der Waals surface area contributed by atoms with E-state index in [1.165, 1.54) is 19.0 Å². The van der Waals surface area contributed by atoms with Crippen molar-refractivity contribution in [1.29, 1.82) is 0 Å². The third-order valence-electron chi connectivity index (χ3n) is 2.47. The minimum Gasteiger partial charge on any atom is -0.348 e. The second-order valence-corrected chi connectivity index (χ2v) is 5.99. The molecule has 0 saturated heterocycles. The van der Waals surface area contributed by atoms with Crippen molar-refractivity contribution >= 4 is 15.9 Å². The lowest BCUT2D eigenvalue weighted by atomic mass is 10.2. The van der Waals surface area contributed by atoms with E-state index in [0.717, 1.165) is 18.2 Å². The summed E-state index contributed by atoms with van der Waals surface area (Å²) in [5.41, 5.74) is 5.21. The van der Waals surface area contributed by atoms with Crippen LogP contribution in [0, 0.1) is 17.7 Å². The van der Waals surface area contributed by atoms with E-state index in [1.807, 2.05) is 0 Å². The largest absolute Gasteiger partial charge is 0.348 e. The fourth-order valence-electron chi connectivity index (χ4n) is 1.37. The molecule has 1 aromatic carbocycles. The summed E-state index contributed by atoms with van der Waals surface area (Å²) >= 11 is 0. The van der Waals surface area contributed by atoms with Crippen LogP contribution >= 0.6 is 0 Å². The zero-order valence-corrected chi connectivity index (χ0v) is 12.5. The van der Waals surface area contributed by atoms with Gasteiger partial charge in [0.05, 0.1) is 18.0 Å². The first kappa shape index (κ1) is 17.1. The van der Waals surface area contributed by atoms with Crippen LogP contribution in [0.1, 0.15) is 5.56 Å². The number of rotatable bonds is 4. The van der Waals surface area contributed by atoms with E-state index in [0.29, 0.717) is 0 Å². The van der Waals surface area contributed by atoms with E-state index in [-0.39, 0.29) is 17.0 Å². The van der Waals surface area contributed by atoms with Gasteiger partial charge >= 0.3 is 0 Å². The van der Waals surface area contributed by atoms with Gasteiger partial charge in [-0.05, 0) is 18.2 Å². The number of nitrogens with zero attached hydrogens (tertiary/aromatic N) is 1. The first-order valence-electron chi connectivity index (χ1n) is 5.96. The maximum atomic E-state index is 13.2. The third-order valence-corrected chi connectivity index (χ3v) is 3.93. The van der Waals surface area contributed by atoms with Crippen molar-refractivity contribution in [3.8, 4) is 11.8 Å². The summed E-state index contributed by atoms with van der Waals surface area (Å²) in [4.78, 5) is 12.5. The molecule has 0 spiro atoms. The molecule has 1 aromatic rings. The third kappa shape index (κ3) is 4.82. The minimum atomic E-state index is -3.97. The fraction of sp³-hybridized carbons (Fsp3) is 0.308. The molecular formula is C13H16FN3O3S. The smallest absolute Gasteiger partial charge is 0.242 e. The van der Waals surface area contributed by atoms with Gasteiger partial charge in [0, 0.05) is 19.7 Å². The van der Waals surface area contributed by atoms with Crippen molar-refractivity contribution in [2.24, 2.45) is 5.73 Å². The van der Waals surface area contributed by atoms with Gasteiger partial charge in [0.2, 0.25) is 15.9 Å². The molecule has 0 aliphatic carbocycles. The van der Waals surface area contributed by atoms with Crippen LogP contribution in [0.3, 0.4) is 0 Å². The topological polar surface area (TPSA) is 92.5 Å². The number of halogens is 1. The summed E-state index contributed by atoms with van der Waals surface area (Å²) in [6, 6.07) is 3.11. The molecule has 8 heteroatoms. The summed E-state index contributed by atoms with van der Waals surface area (Å²) in [5, 5.41) is 0. The van der Waals surface area contributed by atoms with E-state index in [4.69, 9.17) is 5.73 Å². The second kappa shape index (κ2) is 7.17. The van der Waals surface area contributed by atoms with Crippen molar-refractivity contribution in [2.45, 2.75) is 4.90 Å². The van der Waals surface area contributed by atoms with E-state index in [9.17, 15) is 17.6 Å². The number of carbonyl (C=O) groups excluding carboxylic acids is 1. The predicted molar refractivity (Wildman–Crippen MR) is 76.2 cm³/mol. The molecule has 0 radical (unpaired) electrons. The maximum absolute atomic E-state index is 13.2. The van der Waals surface area contributed by atoms with Crippen LogP contribution in [-0.2, 0) is 14.8 Å². The van der Waals surface area contributed by atoms with Crippen LogP contribution in [0.2, 0.25) is 0 Å². The predicted octanol–water partition coefficient (Wildman–Crippen LogP) is -0.498. The zero-order chi connectivity index (χ0) is 16.0. The quantitative estimate of drug-likeness (QED) is 0.733. The number of carbonyl (C=O) groups is 1.